The number of primary amides is 2. The molecule has 13 amide bonds. The van der Waals surface area contributed by atoms with Gasteiger partial charge in [-0.3, -0.25) is 62.3 Å². The van der Waals surface area contributed by atoms with E-state index in [0.29, 0.717) is 46.7 Å². The number of amides is 13. The van der Waals surface area contributed by atoms with Gasteiger partial charge in [-0.25, -0.2) is 4.98 Å². The number of methoxy groups -OCH3 is 1. The number of hydrogen-bond donors (Lipinski definition) is 15. The summed E-state index contributed by atoms with van der Waals surface area (Å²) in [5, 5.41) is 48.0. The van der Waals surface area contributed by atoms with Crippen molar-refractivity contribution in [2.75, 3.05) is 25.2 Å². The summed E-state index contributed by atoms with van der Waals surface area (Å²) in [4.78, 5) is 188. The van der Waals surface area contributed by atoms with Gasteiger partial charge < -0.3 is 89.5 Å². The molecular weight excluding hydrogens is 1460 g/mol. The summed E-state index contributed by atoms with van der Waals surface area (Å²) < 4.78 is 5.25. The quantitative estimate of drug-likeness (QED) is 0.0268. The van der Waals surface area contributed by atoms with Crippen molar-refractivity contribution in [3.8, 4) is 11.5 Å². The molecule has 1 aliphatic heterocycles. The number of H-pyrrole nitrogens is 1. The number of nitrogens with two attached hydrogens (primary N) is 2. The molecule has 1 saturated heterocycles. The zero-order valence-electron chi connectivity index (χ0n) is 64.5. The number of nitrogens with zero attached hydrogens (tertiary/aromatic N) is 2. The smallest absolute Gasteiger partial charge is 0.246 e. The summed E-state index contributed by atoms with van der Waals surface area (Å²) in [6.45, 7) is 19.0. The van der Waals surface area contributed by atoms with E-state index >= 15 is 0 Å². The van der Waals surface area contributed by atoms with Crippen molar-refractivity contribution in [2.45, 2.75) is 211 Å². The molecule has 11 atom stereocenters. The third kappa shape index (κ3) is 25.9. The normalized spacial score (nSPS) is 16.0. The average Bonchev–Trinajstić information content (AvgIpc) is 1.37. The molecule has 0 bridgehead atoms. The van der Waals surface area contributed by atoms with Crippen LogP contribution >= 0.6 is 23.5 Å². The van der Waals surface area contributed by atoms with E-state index in [2.05, 4.69) is 63.1 Å². The number of aromatic amines is 1. The van der Waals surface area contributed by atoms with Gasteiger partial charge in [0.25, 0.3) is 0 Å². The summed E-state index contributed by atoms with van der Waals surface area (Å²) >= 11 is 2.62. The Bertz CT molecular complexity index is 4100. The number of rotatable bonds is 40. The molecule has 17 N–H and O–H groups in total. The molecule has 31 nitrogen and oxygen atoms in total. The number of nitrogens with one attached hydrogen (secondary N) is 11. The second-order valence-electron chi connectivity index (χ2n) is 29.7. The molecule has 0 unspecified atom stereocenters. The van der Waals surface area contributed by atoms with E-state index in [4.69, 9.17) is 16.2 Å². The number of phenolic OH excluding ortho intramolecular Hbond substituents is 2. The van der Waals surface area contributed by atoms with E-state index in [1.807, 2.05) is 30.3 Å². The minimum absolute atomic E-state index is 0.00367. The molecule has 1 fully saturated rings. The number of ether oxygens (including phenoxy) is 1. The third-order valence-electron chi connectivity index (χ3n) is 19.0. The van der Waals surface area contributed by atoms with E-state index in [9.17, 15) is 72.5 Å². The van der Waals surface area contributed by atoms with Gasteiger partial charge in [-0.2, -0.15) is 23.5 Å². The van der Waals surface area contributed by atoms with Crippen LogP contribution in [0, 0.1) is 11.3 Å². The molecule has 0 spiro atoms. The van der Waals surface area contributed by atoms with Gasteiger partial charge in [0.15, 0.2) is 0 Å². The van der Waals surface area contributed by atoms with Crippen molar-refractivity contribution in [1.82, 2.24) is 68.0 Å². The molecule has 110 heavy (non-hydrogen) atoms. The first-order valence-electron chi connectivity index (χ1n) is 36.4. The van der Waals surface area contributed by atoms with Crippen LogP contribution in [0.25, 0.3) is 11.0 Å². The van der Waals surface area contributed by atoms with Crippen molar-refractivity contribution >= 4 is 111 Å². The first-order chi connectivity index (χ1) is 51.7. The summed E-state index contributed by atoms with van der Waals surface area (Å²) in [6.07, 6.45) is 3.50. The number of aromatic nitrogens is 2. The van der Waals surface area contributed by atoms with Crippen molar-refractivity contribution in [2.24, 2.45) is 22.8 Å². The molecule has 0 radical (unpaired) electrons. The topological polar surface area (TPSA) is 476 Å². The maximum Gasteiger partial charge on any atom is 0.246 e. The van der Waals surface area contributed by atoms with Crippen LogP contribution in [0.3, 0.4) is 0 Å². The number of carbonyl (C=O) groups excluding carboxylic acids is 13. The molecule has 2 aromatic heterocycles. The number of thioether (sulfide) groups is 2. The van der Waals surface area contributed by atoms with Crippen molar-refractivity contribution in [1.29, 1.82) is 0 Å². The first-order valence-corrected chi connectivity index (χ1v) is 38.7. The van der Waals surface area contributed by atoms with Crippen LogP contribution in [0.4, 0.5) is 0 Å². The summed E-state index contributed by atoms with van der Waals surface area (Å²) in [6, 6.07) is 12.2. The largest absolute Gasteiger partial charge is 0.508 e. The number of likely N-dealkylation sites (tertiary alicyclic amines) is 1. The SMILES string of the molecule is CC[C@H](NC(=O)[C@@](C)(NC(=O)[C@H](Cc1ccc(O)cc1)NC(=O)[C@H](C)NC(=O)C(C)(C)NC(=O)[C@H](Cc1c[nH]c2ncccc12)NC(=O)C[C@@H](C)OC)C(C)C)C(=O)N[C@H](CSCc1cccc(CSC[C@H](NC(C)=O)C(=O)N[C@H](C(=O)N[C@@H](Cc2ccc(O)cc2)C(=O)N2CCC[C@H]2C(N)=O)C(C)(C)C)c1)C(N)=O. The Morgan fingerprint density at radius 3 is 1.72 bits per heavy atom. The van der Waals surface area contributed by atoms with Crippen LogP contribution < -0.4 is 64.6 Å². The predicted octanol–water partition coefficient (Wildman–Crippen LogP) is 2.36. The number of hydrogen-bond acceptors (Lipinski definition) is 19. The Kier molecular flexibility index (Phi) is 32.6. The molecule has 3 heterocycles. The van der Waals surface area contributed by atoms with E-state index in [-0.39, 0.29) is 61.7 Å². The molecule has 5 aromatic rings. The summed E-state index contributed by atoms with van der Waals surface area (Å²) in [5.41, 5.74) is 11.1. The monoisotopic (exact) mass is 1560 g/mol. The third-order valence-corrected chi connectivity index (χ3v) is 21.2. The van der Waals surface area contributed by atoms with Crippen LogP contribution in [-0.2, 0) is 97.8 Å². The van der Waals surface area contributed by atoms with Crippen LogP contribution in [0.5, 0.6) is 11.5 Å². The lowest BCUT2D eigenvalue weighted by Crippen LogP contribution is -2.66. The van der Waals surface area contributed by atoms with E-state index < -0.39 is 160 Å². The average molecular weight is 1560 g/mol. The lowest BCUT2D eigenvalue weighted by atomic mass is 9.85. The fraction of sp³-hybridized carbons (Fsp3) is 0.506. The molecule has 598 valence electrons. The van der Waals surface area contributed by atoms with Gasteiger partial charge in [-0.05, 0) is 129 Å². The Morgan fingerprint density at radius 1 is 0.609 bits per heavy atom. The highest BCUT2D eigenvalue weighted by atomic mass is 32.2. The number of aromatic hydroxyl groups is 2. The second kappa shape index (κ2) is 40.4. The van der Waals surface area contributed by atoms with Gasteiger partial charge in [-0.1, -0.05) is 90.1 Å². The van der Waals surface area contributed by atoms with Gasteiger partial charge in [0.05, 0.1) is 12.5 Å². The Balaban J connectivity index is 1.05. The minimum atomic E-state index is -1.76. The maximum absolute atomic E-state index is 14.6. The standard InChI is InChI=1S/C77H107N15O16S2/c1-14-54(88-74(107)77(12,42(2)3)91-70(103)55(34-46-22-26-51(94)27-23-46)85-66(99)44(5)82-73(106)76(10,11)90-69(102)56(84-61(96)32-43(4)108-13)36-50-37-81-65-53(50)20-16-30-80-65)67(100)87-58(63(78)97)40-109-38-48-18-15-19-49(33-48)39-110-41-59(83-45(6)93)68(101)89-62(75(7,8)9)71(104)86-57(35-47-24-28-52(95)29-25-47)72(105)92-31-17-21-60(92)64(79)98/h15-16,18-20,22-30,33,37,42-44,54-60,62,94-95H,14,17,21,31-32,34-36,38-41H2,1-13H3,(H2,78,97)(H2,79,98)(H,80,81)(H,82,106)(H,83,93)(H,84,96)(H,85,99)(H,86,104)(H,87,100)(H,88,107)(H,89,101)(H,90,102)(H,91,103)/t43-,44+,54+,55+,56+,57+,58-,59+,60+,62-,77+/m1/s1. The Morgan fingerprint density at radius 2 is 1.16 bits per heavy atom. The van der Waals surface area contributed by atoms with Crippen LogP contribution in [0.1, 0.15) is 137 Å². The van der Waals surface area contributed by atoms with Crippen LogP contribution in [-0.4, -0.2) is 199 Å². The van der Waals surface area contributed by atoms with Gasteiger partial charge in [0.2, 0.25) is 76.8 Å². The van der Waals surface area contributed by atoms with Gasteiger partial charge in [-0.15, -0.1) is 0 Å². The minimum Gasteiger partial charge on any atom is -0.508 e. The number of pyridine rings is 1. The molecule has 0 saturated carbocycles. The zero-order chi connectivity index (χ0) is 81.5. The summed E-state index contributed by atoms with van der Waals surface area (Å²) in [5.74, 6) is -9.04. The zero-order valence-corrected chi connectivity index (χ0v) is 66.2. The fourth-order valence-electron chi connectivity index (χ4n) is 12.0. The van der Waals surface area contributed by atoms with E-state index in [0.717, 1.165) is 16.5 Å². The molecule has 0 aliphatic carbocycles. The maximum atomic E-state index is 14.6. The lowest BCUT2D eigenvalue weighted by molar-refractivity contribution is -0.141. The molecule has 6 rings (SSSR count). The lowest BCUT2D eigenvalue weighted by Gasteiger charge is -2.36. The van der Waals surface area contributed by atoms with E-state index in [1.165, 1.54) is 107 Å². The highest BCUT2D eigenvalue weighted by Crippen LogP contribution is 2.27. The highest BCUT2D eigenvalue weighted by Gasteiger charge is 2.44. The van der Waals surface area contributed by atoms with E-state index in [1.54, 1.807) is 79.1 Å². The Hall–Kier alpha value is -10.3. The number of carbonyl (C=O) groups is 13. The number of fused-ring (bicyclic) bond motifs is 1. The van der Waals surface area contributed by atoms with Gasteiger partial charge in [0, 0.05) is 80.6 Å². The van der Waals surface area contributed by atoms with Crippen molar-refractivity contribution in [3.05, 3.63) is 125 Å². The Labute approximate surface area is 649 Å². The number of benzene rings is 3. The second-order valence-corrected chi connectivity index (χ2v) is 31.8. The molecular formula is C77H107N15O16S2. The fourth-order valence-corrected chi connectivity index (χ4v) is 14.0. The summed E-state index contributed by atoms with van der Waals surface area (Å²) in [7, 11) is 1.45. The highest BCUT2D eigenvalue weighted by molar-refractivity contribution is 7.98. The van der Waals surface area contributed by atoms with Crippen molar-refractivity contribution < 1.29 is 77.3 Å². The van der Waals surface area contributed by atoms with Crippen LogP contribution in [0.15, 0.2) is 97.3 Å². The molecule has 3 aromatic carbocycles. The number of phenols is 2. The van der Waals surface area contributed by atoms with Crippen LogP contribution in [0.2, 0.25) is 0 Å². The van der Waals surface area contributed by atoms with Crippen molar-refractivity contribution in [3.63, 3.8) is 0 Å². The molecule has 33 heteroatoms. The first kappa shape index (κ1) is 88.6. The molecule has 1 aliphatic rings. The predicted molar refractivity (Wildman–Crippen MR) is 417 cm³/mol. The van der Waals surface area contributed by atoms with Gasteiger partial charge >= 0.3 is 0 Å². The van der Waals surface area contributed by atoms with Gasteiger partial charge in [0.1, 0.15) is 82.6 Å².